The molecule has 0 aromatic heterocycles. The van der Waals surface area contributed by atoms with Crippen molar-refractivity contribution in [2.24, 2.45) is 0 Å². The van der Waals surface area contributed by atoms with Crippen molar-refractivity contribution in [1.29, 1.82) is 0 Å². The third-order valence-electron chi connectivity index (χ3n) is 1.56. The first-order valence-electron chi connectivity index (χ1n) is 3.80. The van der Waals surface area contributed by atoms with E-state index in [9.17, 15) is 0 Å². The lowest BCUT2D eigenvalue weighted by molar-refractivity contribution is 0.236. The molecule has 0 aromatic rings. The second-order valence-corrected chi connectivity index (χ2v) is 8.16. The van der Waals surface area contributed by atoms with Gasteiger partial charge in [0.1, 0.15) is 5.76 Å². The van der Waals surface area contributed by atoms with Gasteiger partial charge in [0.05, 0.1) is 0 Å². The molecule has 1 heterocycles. The summed E-state index contributed by atoms with van der Waals surface area (Å²) in [6.45, 7) is 7.33. The Bertz CT molecular complexity index is 259. The molecule has 13 heavy (non-hydrogen) atoms. The second-order valence-electron chi connectivity index (χ2n) is 2.61. The molecule has 1 fully saturated rings. The molecule has 0 radical (unpaired) electrons. The molecule has 70 valence electrons. The lowest BCUT2D eigenvalue weighted by Gasteiger charge is -2.11. The molecule has 3 heteroatoms. The molecular formula is C10H10I2O. The van der Waals surface area contributed by atoms with Gasteiger partial charge in [-0.2, -0.15) is 0 Å². The largest absolute Gasteiger partial charge is 0.467 e. The van der Waals surface area contributed by atoms with Gasteiger partial charge in [-0.3, -0.25) is 0 Å². The van der Waals surface area contributed by atoms with E-state index in [1.807, 2.05) is 12.2 Å². The summed E-state index contributed by atoms with van der Waals surface area (Å²) in [6.07, 6.45) is 8.29. The first-order chi connectivity index (χ1) is 6.09. The van der Waals surface area contributed by atoms with E-state index in [1.54, 1.807) is 12.2 Å². The zero-order valence-corrected chi connectivity index (χ0v) is 11.4. The lowest BCUT2D eigenvalue weighted by Crippen LogP contribution is -2.04. The Labute approximate surface area is 106 Å². The van der Waals surface area contributed by atoms with Crippen molar-refractivity contribution in [2.45, 2.75) is 8.04 Å². The fourth-order valence-corrected chi connectivity index (χ4v) is 2.40. The topological polar surface area (TPSA) is 9.23 Å². The Hall–Kier alpha value is 0.220. The van der Waals surface area contributed by atoms with Crippen LogP contribution in [0.5, 0.6) is 0 Å². The molecule has 0 amide bonds. The van der Waals surface area contributed by atoms with Crippen LogP contribution in [0.25, 0.3) is 0 Å². The van der Waals surface area contributed by atoms with E-state index < -0.39 is 0 Å². The summed E-state index contributed by atoms with van der Waals surface area (Å²) in [5, 5.41) is 0. The summed E-state index contributed by atoms with van der Waals surface area (Å²) in [4.78, 5) is 0. The average Bonchev–Trinajstić information content (AvgIpc) is 2.28. The molecule has 1 aliphatic heterocycles. The second kappa shape index (κ2) is 4.63. The normalized spacial score (nSPS) is 26.0. The summed E-state index contributed by atoms with van der Waals surface area (Å²) in [6, 6.07) is 0. The lowest BCUT2D eigenvalue weighted by atomic mass is 10.1. The highest BCUT2D eigenvalue weighted by Crippen LogP contribution is 2.46. The average molecular weight is 400 g/mol. The molecule has 0 bridgehead atoms. The van der Waals surface area contributed by atoms with E-state index in [4.69, 9.17) is 4.74 Å². The fourth-order valence-electron chi connectivity index (χ4n) is 1.10. The van der Waals surface area contributed by atoms with E-state index in [-0.39, 0.29) is 1.61 Å². The number of allylic oxidation sites excluding steroid dienone is 5. The van der Waals surface area contributed by atoms with Crippen molar-refractivity contribution in [3.05, 3.63) is 48.8 Å². The predicted molar refractivity (Wildman–Crippen MR) is 73.0 cm³/mol. The maximum atomic E-state index is 5.70. The molecule has 0 aromatic carbocycles. The van der Waals surface area contributed by atoms with E-state index >= 15 is 0 Å². The van der Waals surface area contributed by atoms with Crippen molar-refractivity contribution >= 4 is 45.2 Å². The highest BCUT2D eigenvalue weighted by Gasteiger charge is 2.35. The van der Waals surface area contributed by atoms with Crippen LogP contribution in [0.1, 0.15) is 6.42 Å². The molecule has 1 nitrogen and oxygen atoms in total. The minimum absolute atomic E-state index is 0.154. The van der Waals surface area contributed by atoms with Gasteiger partial charge in [-0.25, -0.2) is 0 Å². The number of ether oxygens (including phenoxy) is 1. The minimum Gasteiger partial charge on any atom is -0.467 e. The van der Waals surface area contributed by atoms with Crippen LogP contribution in [0.3, 0.4) is 0 Å². The smallest absolute Gasteiger partial charge is 0.213 e. The van der Waals surface area contributed by atoms with Crippen molar-refractivity contribution in [3.8, 4) is 0 Å². The Morgan fingerprint density at radius 3 is 2.38 bits per heavy atom. The van der Waals surface area contributed by atoms with Crippen LogP contribution in [0.15, 0.2) is 48.8 Å². The van der Waals surface area contributed by atoms with Crippen LogP contribution in [-0.2, 0) is 4.74 Å². The number of rotatable bonds is 2. The summed E-state index contributed by atoms with van der Waals surface area (Å²) >= 11 is 4.58. The first-order valence-corrected chi connectivity index (χ1v) is 5.96. The molecular weight excluding hydrogens is 390 g/mol. The van der Waals surface area contributed by atoms with Gasteiger partial charge in [0.2, 0.25) is 1.61 Å². The SMILES string of the molecule is C=C/C=C1/CC(I)(I)O/C1=C/C=C. The van der Waals surface area contributed by atoms with Gasteiger partial charge in [0, 0.05) is 6.42 Å². The highest BCUT2D eigenvalue weighted by molar-refractivity contribution is 14.2. The van der Waals surface area contributed by atoms with Crippen molar-refractivity contribution in [3.63, 3.8) is 0 Å². The zero-order valence-electron chi connectivity index (χ0n) is 7.09. The molecule has 0 N–H and O–H groups in total. The van der Waals surface area contributed by atoms with Crippen LogP contribution in [0.4, 0.5) is 0 Å². The number of hydrogen-bond donors (Lipinski definition) is 0. The predicted octanol–water partition coefficient (Wildman–Crippen LogP) is 4.11. The third-order valence-corrected chi connectivity index (χ3v) is 2.76. The van der Waals surface area contributed by atoms with Crippen LogP contribution < -0.4 is 0 Å². The molecule has 1 aliphatic rings. The fraction of sp³-hybridized carbons (Fsp3) is 0.200. The van der Waals surface area contributed by atoms with Gasteiger partial charge in [0.25, 0.3) is 0 Å². The number of alkyl halides is 2. The Kier molecular flexibility index (Phi) is 4.03. The molecule has 0 aliphatic carbocycles. The molecule has 1 rings (SSSR count). The van der Waals surface area contributed by atoms with Gasteiger partial charge in [-0.15, -0.1) is 0 Å². The summed E-state index contributed by atoms with van der Waals surface area (Å²) < 4.78 is 5.55. The van der Waals surface area contributed by atoms with E-state index in [2.05, 4.69) is 58.3 Å². The van der Waals surface area contributed by atoms with E-state index in [0.717, 1.165) is 12.2 Å². The highest BCUT2D eigenvalue weighted by atomic mass is 127. The van der Waals surface area contributed by atoms with E-state index in [1.165, 1.54) is 5.57 Å². The maximum absolute atomic E-state index is 5.70. The Morgan fingerprint density at radius 1 is 1.23 bits per heavy atom. The van der Waals surface area contributed by atoms with Gasteiger partial charge >= 0.3 is 0 Å². The van der Waals surface area contributed by atoms with Gasteiger partial charge in [-0.05, 0) is 56.8 Å². The van der Waals surface area contributed by atoms with Crippen molar-refractivity contribution in [2.75, 3.05) is 0 Å². The van der Waals surface area contributed by atoms with Gasteiger partial charge < -0.3 is 4.74 Å². The first kappa shape index (κ1) is 11.3. The van der Waals surface area contributed by atoms with Crippen LogP contribution >= 0.6 is 45.2 Å². The summed E-state index contributed by atoms with van der Waals surface area (Å²) in [7, 11) is 0. The summed E-state index contributed by atoms with van der Waals surface area (Å²) in [5.41, 5.74) is 1.18. The minimum atomic E-state index is -0.154. The monoisotopic (exact) mass is 400 g/mol. The van der Waals surface area contributed by atoms with E-state index in [0.29, 0.717) is 0 Å². The van der Waals surface area contributed by atoms with Crippen LogP contribution in [0.2, 0.25) is 0 Å². The maximum Gasteiger partial charge on any atom is 0.213 e. The molecule has 0 spiro atoms. The molecule has 1 saturated heterocycles. The van der Waals surface area contributed by atoms with Crippen molar-refractivity contribution in [1.82, 2.24) is 0 Å². The molecule has 0 unspecified atom stereocenters. The number of hydrogen-bond acceptors (Lipinski definition) is 1. The quantitative estimate of drug-likeness (QED) is 0.501. The number of halogens is 2. The summed E-state index contributed by atoms with van der Waals surface area (Å²) in [5.74, 6) is 0.902. The zero-order chi connectivity index (χ0) is 9.90. The standard InChI is InChI=1S/C10H10I2O/c1-3-5-8-7-10(11,12)13-9(8)6-4-2/h3-6H,1-2,7H2/b8-5-,9-6+. The van der Waals surface area contributed by atoms with Gasteiger partial charge in [0.15, 0.2) is 0 Å². The molecule has 0 atom stereocenters. The molecule has 0 saturated carbocycles. The van der Waals surface area contributed by atoms with Crippen LogP contribution in [0, 0.1) is 0 Å². The van der Waals surface area contributed by atoms with Crippen molar-refractivity contribution < 1.29 is 4.74 Å². The van der Waals surface area contributed by atoms with Gasteiger partial charge in [-0.1, -0.05) is 31.4 Å². The Morgan fingerprint density at radius 2 is 1.85 bits per heavy atom. The Balaban J connectivity index is 2.96. The van der Waals surface area contributed by atoms with Crippen LogP contribution in [-0.4, -0.2) is 1.61 Å². The third kappa shape index (κ3) is 3.12.